The predicted molar refractivity (Wildman–Crippen MR) is 56.3 cm³/mol. The topological polar surface area (TPSA) is 20.3 Å². The fraction of sp³-hybridized carbons (Fsp3) is 0.417. The van der Waals surface area contributed by atoms with Crippen LogP contribution in [0.3, 0.4) is 0 Å². The Kier molecular flexibility index (Phi) is 2.28. The van der Waals surface area contributed by atoms with E-state index in [-0.39, 0.29) is 5.91 Å². The summed E-state index contributed by atoms with van der Waals surface area (Å²) in [5.41, 5.74) is 1.90. The van der Waals surface area contributed by atoms with Crippen molar-refractivity contribution in [1.29, 1.82) is 0 Å². The zero-order valence-corrected chi connectivity index (χ0v) is 8.66. The Morgan fingerprint density at radius 2 is 2.00 bits per heavy atom. The Bertz CT molecular complexity index is 355. The van der Waals surface area contributed by atoms with Crippen LogP contribution in [0.25, 0.3) is 0 Å². The van der Waals surface area contributed by atoms with Gasteiger partial charge in [0, 0.05) is 18.7 Å². The first-order valence-electron chi connectivity index (χ1n) is 5.03. The number of benzene rings is 1. The van der Waals surface area contributed by atoms with Crippen molar-refractivity contribution in [1.82, 2.24) is 4.90 Å². The SMILES string of the molecule is Cc1ccccc1C(=O)N(C)C1CC1. The smallest absolute Gasteiger partial charge is 0.254 e. The standard InChI is InChI=1S/C12H15NO/c1-9-5-3-4-6-11(9)12(14)13(2)10-7-8-10/h3-6,10H,7-8H2,1-2H3. The predicted octanol–water partition coefficient (Wildman–Crippen LogP) is 2.23. The molecule has 1 fully saturated rings. The van der Waals surface area contributed by atoms with Crippen molar-refractivity contribution in [3.8, 4) is 0 Å². The number of rotatable bonds is 2. The maximum atomic E-state index is 12.0. The van der Waals surface area contributed by atoms with Gasteiger partial charge in [0.15, 0.2) is 0 Å². The van der Waals surface area contributed by atoms with Crippen LogP contribution in [0, 0.1) is 6.92 Å². The lowest BCUT2D eigenvalue weighted by molar-refractivity contribution is 0.0784. The highest BCUT2D eigenvalue weighted by Crippen LogP contribution is 2.27. The van der Waals surface area contributed by atoms with Gasteiger partial charge in [-0.2, -0.15) is 0 Å². The van der Waals surface area contributed by atoms with E-state index in [1.54, 1.807) is 0 Å². The fourth-order valence-electron chi connectivity index (χ4n) is 1.63. The lowest BCUT2D eigenvalue weighted by Crippen LogP contribution is -2.29. The number of carbonyl (C=O) groups is 1. The van der Waals surface area contributed by atoms with Crippen molar-refractivity contribution in [2.75, 3.05) is 7.05 Å². The average molecular weight is 189 g/mol. The van der Waals surface area contributed by atoms with Crippen LogP contribution < -0.4 is 0 Å². The highest BCUT2D eigenvalue weighted by molar-refractivity contribution is 5.95. The Hall–Kier alpha value is -1.31. The normalized spacial score (nSPS) is 15.3. The van der Waals surface area contributed by atoms with Gasteiger partial charge in [0.1, 0.15) is 0 Å². The van der Waals surface area contributed by atoms with E-state index in [1.165, 1.54) is 0 Å². The fourth-order valence-corrected chi connectivity index (χ4v) is 1.63. The third-order valence-electron chi connectivity index (χ3n) is 2.79. The van der Waals surface area contributed by atoms with Gasteiger partial charge in [-0.25, -0.2) is 0 Å². The van der Waals surface area contributed by atoms with Crippen molar-refractivity contribution in [2.24, 2.45) is 0 Å². The molecule has 1 saturated carbocycles. The molecule has 14 heavy (non-hydrogen) atoms. The summed E-state index contributed by atoms with van der Waals surface area (Å²) in [7, 11) is 1.90. The van der Waals surface area contributed by atoms with Gasteiger partial charge in [-0.15, -0.1) is 0 Å². The van der Waals surface area contributed by atoms with Crippen molar-refractivity contribution in [2.45, 2.75) is 25.8 Å². The van der Waals surface area contributed by atoms with Gasteiger partial charge in [0.05, 0.1) is 0 Å². The highest BCUT2D eigenvalue weighted by atomic mass is 16.2. The van der Waals surface area contributed by atoms with Crippen LogP contribution in [0.15, 0.2) is 24.3 Å². The van der Waals surface area contributed by atoms with E-state index >= 15 is 0 Å². The summed E-state index contributed by atoms with van der Waals surface area (Å²) in [4.78, 5) is 13.8. The molecule has 0 N–H and O–H groups in total. The van der Waals surface area contributed by atoms with Gasteiger partial charge >= 0.3 is 0 Å². The molecular formula is C12H15NO. The number of amides is 1. The van der Waals surface area contributed by atoms with Gasteiger partial charge in [0.2, 0.25) is 0 Å². The summed E-state index contributed by atoms with van der Waals surface area (Å²) in [5, 5.41) is 0. The first-order valence-corrected chi connectivity index (χ1v) is 5.03. The number of nitrogens with zero attached hydrogens (tertiary/aromatic N) is 1. The van der Waals surface area contributed by atoms with Crippen molar-refractivity contribution >= 4 is 5.91 Å². The van der Waals surface area contributed by atoms with Crippen LogP contribution >= 0.6 is 0 Å². The van der Waals surface area contributed by atoms with Crippen molar-refractivity contribution < 1.29 is 4.79 Å². The van der Waals surface area contributed by atoms with Crippen LogP contribution in [0.2, 0.25) is 0 Å². The largest absolute Gasteiger partial charge is 0.339 e. The molecule has 0 heterocycles. The number of hydrogen-bond acceptors (Lipinski definition) is 1. The molecule has 0 radical (unpaired) electrons. The third kappa shape index (κ3) is 1.65. The quantitative estimate of drug-likeness (QED) is 0.698. The second-order valence-corrected chi connectivity index (χ2v) is 3.96. The summed E-state index contributed by atoms with van der Waals surface area (Å²) < 4.78 is 0. The van der Waals surface area contributed by atoms with Crippen LogP contribution in [-0.2, 0) is 0 Å². The van der Waals surface area contributed by atoms with Crippen molar-refractivity contribution in [3.63, 3.8) is 0 Å². The Balaban J connectivity index is 2.21. The van der Waals surface area contributed by atoms with E-state index < -0.39 is 0 Å². The minimum Gasteiger partial charge on any atom is -0.339 e. The molecule has 2 rings (SSSR count). The van der Waals surface area contributed by atoms with E-state index in [1.807, 2.05) is 43.1 Å². The maximum absolute atomic E-state index is 12.0. The molecule has 1 aromatic carbocycles. The molecule has 0 spiro atoms. The molecule has 0 aliphatic heterocycles. The molecule has 1 amide bonds. The second-order valence-electron chi connectivity index (χ2n) is 3.96. The summed E-state index contributed by atoms with van der Waals surface area (Å²) in [5.74, 6) is 0.158. The van der Waals surface area contributed by atoms with Crippen molar-refractivity contribution in [3.05, 3.63) is 35.4 Å². The van der Waals surface area contributed by atoms with Crippen LogP contribution in [0.5, 0.6) is 0 Å². The third-order valence-corrected chi connectivity index (χ3v) is 2.79. The molecule has 0 atom stereocenters. The lowest BCUT2D eigenvalue weighted by Gasteiger charge is -2.17. The Morgan fingerprint density at radius 3 is 2.57 bits per heavy atom. The average Bonchev–Trinajstić information content (AvgIpc) is 3.00. The molecule has 0 saturated heterocycles. The van der Waals surface area contributed by atoms with Gasteiger partial charge in [-0.05, 0) is 31.4 Å². The van der Waals surface area contributed by atoms with E-state index in [4.69, 9.17) is 0 Å². The molecule has 1 aliphatic carbocycles. The molecule has 1 aliphatic rings. The molecule has 2 heteroatoms. The molecule has 0 bridgehead atoms. The van der Waals surface area contributed by atoms with Gasteiger partial charge in [-0.1, -0.05) is 18.2 Å². The van der Waals surface area contributed by atoms with Crippen LogP contribution in [0.4, 0.5) is 0 Å². The minimum atomic E-state index is 0.158. The van der Waals surface area contributed by atoms with Gasteiger partial charge < -0.3 is 4.90 Å². The van der Waals surface area contributed by atoms with E-state index in [0.29, 0.717) is 6.04 Å². The van der Waals surface area contributed by atoms with Gasteiger partial charge in [-0.3, -0.25) is 4.79 Å². The Labute approximate surface area is 84.5 Å². The summed E-state index contributed by atoms with van der Waals surface area (Å²) >= 11 is 0. The molecule has 0 unspecified atom stereocenters. The number of hydrogen-bond donors (Lipinski definition) is 0. The van der Waals surface area contributed by atoms with E-state index in [2.05, 4.69) is 0 Å². The molecule has 74 valence electrons. The zero-order chi connectivity index (χ0) is 10.1. The molecule has 0 aromatic heterocycles. The molecular weight excluding hydrogens is 174 g/mol. The first kappa shape index (κ1) is 9.25. The first-order chi connectivity index (χ1) is 6.70. The van der Waals surface area contributed by atoms with Gasteiger partial charge in [0.25, 0.3) is 5.91 Å². The summed E-state index contributed by atoms with van der Waals surface area (Å²) in [6, 6.07) is 8.25. The number of aryl methyl sites for hydroxylation is 1. The Morgan fingerprint density at radius 1 is 1.36 bits per heavy atom. The highest BCUT2D eigenvalue weighted by Gasteiger charge is 2.30. The van der Waals surface area contributed by atoms with E-state index in [9.17, 15) is 4.79 Å². The zero-order valence-electron chi connectivity index (χ0n) is 8.66. The monoisotopic (exact) mass is 189 g/mol. The maximum Gasteiger partial charge on any atom is 0.254 e. The summed E-state index contributed by atoms with van der Waals surface area (Å²) in [6.45, 7) is 1.98. The summed E-state index contributed by atoms with van der Waals surface area (Å²) in [6.07, 6.45) is 2.32. The molecule has 1 aromatic rings. The van der Waals surface area contributed by atoms with Crippen LogP contribution in [-0.4, -0.2) is 23.9 Å². The number of carbonyl (C=O) groups excluding carboxylic acids is 1. The van der Waals surface area contributed by atoms with Crippen LogP contribution in [0.1, 0.15) is 28.8 Å². The second kappa shape index (κ2) is 3.45. The molecule has 2 nitrogen and oxygen atoms in total. The minimum absolute atomic E-state index is 0.158. The lowest BCUT2D eigenvalue weighted by atomic mass is 10.1. The van der Waals surface area contributed by atoms with E-state index in [0.717, 1.165) is 24.0 Å².